The summed E-state index contributed by atoms with van der Waals surface area (Å²) in [5, 5.41) is 12.2. The minimum absolute atomic E-state index is 0.0551. The molecule has 1 aromatic rings. The van der Waals surface area contributed by atoms with Crippen LogP contribution in [0.4, 0.5) is 13.2 Å². The number of aliphatic hydroxyl groups is 1. The number of benzene rings is 1. The molecule has 1 rings (SSSR count). The molecule has 0 aliphatic carbocycles. The third-order valence-electron chi connectivity index (χ3n) is 3.17. The number of halogens is 3. The van der Waals surface area contributed by atoms with Gasteiger partial charge in [-0.2, -0.15) is 13.2 Å². The summed E-state index contributed by atoms with van der Waals surface area (Å²) in [6, 6.07) is 4.11. The van der Waals surface area contributed by atoms with Crippen molar-refractivity contribution in [1.82, 2.24) is 5.32 Å². The number of amides is 1. The van der Waals surface area contributed by atoms with Crippen LogP contribution < -0.4 is 15.8 Å². The molecule has 0 aliphatic rings. The van der Waals surface area contributed by atoms with Gasteiger partial charge < -0.3 is 25.6 Å². The molecule has 0 saturated heterocycles. The Morgan fingerprint density at radius 3 is 2.46 bits per heavy atom. The van der Waals surface area contributed by atoms with Crippen LogP contribution in [0.15, 0.2) is 24.3 Å². The predicted molar refractivity (Wildman–Crippen MR) is 80.4 cm³/mol. The van der Waals surface area contributed by atoms with Crippen molar-refractivity contribution in [2.24, 2.45) is 5.73 Å². The van der Waals surface area contributed by atoms with Crippen molar-refractivity contribution in [3.05, 3.63) is 29.8 Å². The summed E-state index contributed by atoms with van der Waals surface area (Å²) in [4.78, 5) is 11.6. The molecular weight excluding hydrogens is 329 g/mol. The highest BCUT2D eigenvalue weighted by Gasteiger charge is 2.30. The van der Waals surface area contributed by atoms with Crippen LogP contribution in [-0.2, 0) is 15.7 Å². The van der Waals surface area contributed by atoms with Crippen molar-refractivity contribution in [2.45, 2.75) is 24.8 Å². The number of hydrogen-bond acceptors (Lipinski definition) is 5. The fourth-order valence-electron chi connectivity index (χ4n) is 1.76. The topological polar surface area (TPSA) is 93.8 Å². The van der Waals surface area contributed by atoms with E-state index in [4.69, 9.17) is 15.2 Å². The summed E-state index contributed by atoms with van der Waals surface area (Å²) in [6.45, 7) is -0.0276. The summed E-state index contributed by atoms with van der Waals surface area (Å²) in [5.74, 6) is -0.142. The molecule has 2 atom stereocenters. The lowest BCUT2D eigenvalue weighted by Crippen LogP contribution is -2.38. The number of carbonyl (C=O) groups excluding carboxylic acids is 1. The molecule has 0 aliphatic heterocycles. The van der Waals surface area contributed by atoms with Crippen LogP contribution in [-0.4, -0.2) is 50.0 Å². The number of nitrogens with two attached hydrogens (primary N) is 1. The van der Waals surface area contributed by atoms with Crippen molar-refractivity contribution < 1.29 is 32.5 Å². The Hall–Kier alpha value is -1.84. The van der Waals surface area contributed by atoms with E-state index in [9.17, 15) is 23.1 Å². The molecule has 0 radical (unpaired) electrons. The number of carbonyl (C=O) groups is 1. The zero-order valence-electron chi connectivity index (χ0n) is 13.2. The molecule has 24 heavy (non-hydrogen) atoms. The lowest BCUT2D eigenvalue weighted by molar-refractivity contribution is -0.137. The van der Waals surface area contributed by atoms with Gasteiger partial charge >= 0.3 is 6.18 Å². The molecule has 136 valence electrons. The largest absolute Gasteiger partial charge is 0.491 e. The maximum absolute atomic E-state index is 12.4. The van der Waals surface area contributed by atoms with Crippen LogP contribution in [0.5, 0.6) is 5.75 Å². The van der Waals surface area contributed by atoms with Crippen molar-refractivity contribution in [2.75, 3.05) is 26.8 Å². The van der Waals surface area contributed by atoms with Gasteiger partial charge in [0.25, 0.3) is 0 Å². The van der Waals surface area contributed by atoms with E-state index < -0.39 is 23.9 Å². The Balaban J connectivity index is 2.33. The van der Waals surface area contributed by atoms with Gasteiger partial charge in [-0.3, -0.25) is 4.79 Å². The lowest BCUT2D eigenvalue weighted by atomic mass is 10.2. The van der Waals surface area contributed by atoms with Crippen molar-refractivity contribution in [1.29, 1.82) is 0 Å². The van der Waals surface area contributed by atoms with E-state index in [1.807, 2.05) is 0 Å². The first-order valence-electron chi connectivity index (χ1n) is 7.24. The van der Waals surface area contributed by atoms with E-state index >= 15 is 0 Å². The summed E-state index contributed by atoms with van der Waals surface area (Å²) >= 11 is 0. The first-order chi connectivity index (χ1) is 11.3. The quantitative estimate of drug-likeness (QED) is 0.616. The van der Waals surface area contributed by atoms with E-state index in [2.05, 4.69) is 5.32 Å². The minimum Gasteiger partial charge on any atom is -0.491 e. The van der Waals surface area contributed by atoms with Crippen molar-refractivity contribution >= 4 is 5.91 Å². The Morgan fingerprint density at radius 1 is 1.33 bits per heavy atom. The summed E-state index contributed by atoms with van der Waals surface area (Å²) in [5.41, 5.74) is 4.61. The third kappa shape index (κ3) is 7.16. The van der Waals surface area contributed by atoms with Gasteiger partial charge in [-0.15, -0.1) is 0 Å². The zero-order valence-corrected chi connectivity index (χ0v) is 13.2. The molecule has 0 heterocycles. The number of methoxy groups -OCH3 is 1. The average Bonchev–Trinajstić information content (AvgIpc) is 2.55. The number of alkyl halides is 3. The molecule has 0 bridgehead atoms. The first-order valence-corrected chi connectivity index (χ1v) is 7.24. The van der Waals surface area contributed by atoms with Gasteiger partial charge in [-0.25, -0.2) is 0 Å². The highest BCUT2D eigenvalue weighted by molar-refractivity contribution is 5.76. The van der Waals surface area contributed by atoms with Gasteiger partial charge in [0.15, 0.2) is 0 Å². The zero-order chi connectivity index (χ0) is 18.2. The van der Waals surface area contributed by atoms with Crippen LogP contribution in [0.1, 0.15) is 12.0 Å². The fourth-order valence-corrected chi connectivity index (χ4v) is 1.76. The van der Waals surface area contributed by atoms with Gasteiger partial charge in [0.2, 0.25) is 5.91 Å². The normalized spacial score (nSPS) is 14.1. The van der Waals surface area contributed by atoms with Crippen LogP contribution in [0.3, 0.4) is 0 Å². The number of rotatable bonds is 9. The molecule has 0 fully saturated rings. The number of ether oxygens (including phenoxy) is 2. The minimum atomic E-state index is -4.41. The Labute approximate surface area is 137 Å². The Bertz CT molecular complexity index is 504. The van der Waals surface area contributed by atoms with Gasteiger partial charge in [-0.1, -0.05) is 0 Å². The van der Waals surface area contributed by atoms with Gasteiger partial charge in [0, 0.05) is 20.2 Å². The van der Waals surface area contributed by atoms with E-state index in [0.29, 0.717) is 0 Å². The SMILES string of the molecule is COC(CN)CC(=O)NCC(O)COc1ccc(C(F)(F)F)cc1. The average molecular weight is 350 g/mol. The molecule has 0 saturated carbocycles. The van der Waals surface area contributed by atoms with Crippen LogP contribution in [0, 0.1) is 0 Å². The molecule has 6 nitrogen and oxygen atoms in total. The monoisotopic (exact) mass is 350 g/mol. The molecule has 1 aromatic carbocycles. The predicted octanol–water partition coefficient (Wildman–Crippen LogP) is 0.925. The highest BCUT2D eigenvalue weighted by Crippen LogP contribution is 2.30. The third-order valence-corrected chi connectivity index (χ3v) is 3.17. The van der Waals surface area contributed by atoms with E-state index in [1.165, 1.54) is 19.2 Å². The molecular formula is C15H21F3N2O4. The molecule has 1 amide bonds. The smallest absolute Gasteiger partial charge is 0.416 e. The maximum Gasteiger partial charge on any atom is 0.416 e. The first kappa shape index (κ1) is 20.2. The van der Waals surface area contributed by atoms with Crippen molar-refractivity contribution in [3.63, 3.8) is 0 Å². The van der Waals surface area contributed by atoms with Crippen LogP contribution >= 0.6 is 0 Å². The van der Waals surface area contributed by atoms with Gasteiger partial charge in [-0.05, 0) is 24.3 Å². The second kappa shape index (κ2) is 9.45. The fraction of sp³-hybridized carbons (Fsp3) is 0.533. The lowest BCUT2D eigenvalue weighted by Gasteiger charge is -2.16. The number of nitrogens with one attached hydrogen (secondary N) is 1. The van der Waals surface area contributed by atoms with Crippen molar-refractivity contribution in [3.8, 4) is 5.75 Å². The molecule has 9 heteroatoms. The van der Waals surface area contributed by atoms with E-state index in [0.717, 1.165) is 12.1 Å². The summed E-state index contributed by atoms with van der Waals surface area (Å²) in [6.07, 6.45) is -5.74. The van der Waals surface area contributed by atoms with Gasteiger partial charge in [0.1, 0.15) is 18.5 Å². The van der Waals surface area contributed by atoms with Crippen LogP contribution in [0.2, 0.25) is 0 Å². The Kier molecular flexibility index (Phi) is 7.96. The molecule has 0 aromatic heterocycles. The number of aliphatic hydroxyl groups excluding tert-OH is 1. The second-order valence-electron chi connectivity index (χ2n) is 5.09. The van der Waals surface area contributed by atoms with E-state index in [1.54, 1.807) is 0 Å². The van der Waals surface area contributed by atoms with Gasteiger partial charge in [0.05, 0.1) is 18.1 Å². The standard InChI is InChI=1S/C15H21F3N2O4/c1-23-13(7-19)6-14(22)20-8-11(21)9-24-12-4-2-10(3-5-12)15(16,17)18/h2-5,11,13,21H,6-9,19H2,1H3,(H,20,22). The summed E-state index contributed by atoms with van der Waals surface area (Å²) in [7, 11) is 1.44. The second-order valence-corrected chi connectivity index (χ2v) is 5.09. The molecule has 2 unspecified atom stereocenters. The number of hydrogen-bond donors (Lipinski definition) is 3. The molecule has 4 N–H and O–H groups in total. The molecule has 0 spiro atoms. The summed E-state index contributed by atoms with van der Waals surface area (Å²) < 4.78 is 47.4. The Morgan fingerprint density at radius 2 is 1.96 bits per heavy atom. The highest BCUT2D eigenvalue weighted by atomic mass is 19.4. The van der Waals surface area contributed by atoms with Crippen LogP contribution in [0.25, 0.3) is 0 Å². The van der Waals surface area contributed by atoms with E-state index in [-0.39, 0.29) is 37.8 Å². The maximum atomic E-state index is 12.4.